The first-order chi connectivity index (χ1) is 12.3. The summed E-state index contributed by atoms with van der Waals surface area (Å²) in [6.45, 7) is 4.23. The van der Waals surface area contributed by atoms with Gasteiger partial charge in [-0.1, -0.05) is 7.43 Å². The smallest absolute Gasteiger partial charge is 0.323 e. The Morgan fingerprint density at radius 2 is 0.676 bits per heavy atom. The molecule has 6 radical (unpaired) electrons. The number of aliphatic carboxylic acids is 3. The summed E-state index contributed by atoms with van der Waals surface area (Å²) < 4.78 is 0. The van der Waals surface area contributed by atoms with Crippen molar-refractivity contribution < 1.29 is 242 Å². The fourth-order valence-corrected chi connectivity index (χ4v) is 0.734. The number of amides is 3. The van der Waals surface area contributed by atoms with Crippen LogP contribution in [-0.4, -0.2) is 106 Å². The zero-order valence-corrected chi connectivity index (χ0v) is 36.4. The molecule has 0 aromatic carbocycles. The second-order valence-electron chi connectivity index (χ2n) is 5.15. The molecule has 0 aliphatic carbocycles. The molecular formula is C16H30N3O9Y6-3. The van der Waals surface area contributed by atoms with Crippen LogP contribution in [0.4, 0.5) is 0 Å². The van der Waals surface area contributed by atoms with Crippen LogP contribution in [0.1, 0.15) is 29.6 Å². The minimum atomic E-state index is -1.03. The molecule has 3 N–H and O–H groups in total. The van der Waals surface area contributed by atoms with Crippen LogP contribution in [0.3, 0.4) is 0 Å². The first kappa shape index (κ1) is 66.0. The predicted octanol–water partition coefficient (Wildman–Crippen LogP) is -0.757. The summed E-state index contributed by atoms with van der Waals surface area (Å²) in [7, 11) is 4.10. The number of carboxylic acids is 3. The van der Waals surface area contributed by atoms with Crippen molar-refractivity contribution in [2.75, 3.05) is 21.1 Å². The molecule has 0 saturated carbocycles. The van der Waals surface area contributed by atoms with Gasteiger partial charge in [0.1, 0.15) is 0 Å². The summed E-state index contributed by atoms with van der Waals surface area (Å²) in [5.41, 5.74) is 0. The fourth-order valence-electron chi connectivity index (χ4n) is 0.734. The van der Waals surface area contributed by atoms with Gasteiger partial charge in [0.15, 0.2) is 0 Å². The molecule has 0 aliphatic heterocycles. The maximum absolute atomic E-state index is 10.1. The average Bonchev–Trinajstić information content (AvgIpc) is 2.64. The van der Waals surface area contributed by atoms with E-state index in [-0.39, 0.29) is 205 Å². The standard InChI is InChI=1S/3C5H8NO3.CH4.6Y.H2/c3*1-4(5(8)9)6(2)3-7;;;;;;;;/h3*4H,1-2H3,(H,8,9);1H4;;;;;;;1H/q3*-1;;;;;;;;/t2*4-;;;;;;;;;/m10........./s1/i;;;;;;;;;;1+1. The number of carboxylic acid groups (broad SMARTS) is 3. The van der Waals surface area contributed by atoms with Crippen molar-refractivity contribution in [3.8, 4) is 0 Å². The van der Waals surface area contributed by atoms with Crippen molar-refractivity contribution >= 4 is 37.1 Å². The molecule has 3 atom stereocenters. The number of likely N-dealkylation sites (N-methyl/N-ethyl adjacent to an activating group) is 3. The Kier molecular flexibility index (Phi) is 79.5. The van der Waals surface area contributed by atoms with Gasteiger partial charge in [-0.3, -0.25) is 14.4 Å². The fraction of sp³-hybridized carbons (Fsp3) is 0.625. The minimum absolute atomic E-state index is 0. The Morgan fingerprint density at radius 1 is 0.559 bits per heavy atom. The summed E-state index contributed by atoms with van der Waals surface area (Å²) in [5.74, 6) is -3.08. The van der Waals surface area contributed by atoms with E-state index >= 15 is 0 Å². The average molecular weight is 943 g/mol. The quantitative estimate of drug-likeness (QED) is 0.199. The van der Waals surface area contributed by atoms with Gasteiger partial charge < -0.3 is 44.4 Å². The Morgan fingerprint density at radius 3 is 0.706 bits per heavy atom. The topological polar surface area (TPSA) is 173 Å². The zero-order chi connectivity index (χ0) is 22.3. The summed E-state index contributed by atoms with van der Waals surface area (Å²) in [6.07, 6.45) is 4.35. The molecule has 0 fully saturated rings. The van der Waals surface area contributed by atoms with E-state index in [9.17, 15) is 28.8 Å². The summed E-state index contributed by atoms with van der Waals surface area (Å²) in [6, 6.07) is -2.37. The van der Waals surface area contributed by atoms with Gasteiger partial charge in [0.2, 0.25) is 0 Å². The molecule has 0 saturated heterocycles. The number of hydrogen-bond acceptors (Lipinski definition) is 6. The van der Waals surface area contributed by atoms with E-state index in [0.29, 0.717) is 0 Å². The zero-order valence-electron chi connectivity index (χ0n) is 19.3. The normalized spacial score (nSPS) is 9.71. The molecule has 3 amide bonds. The minimum Gasteiger partial charge on any atom is -0.520 e. The third-order valence-corrected chi connectivity index (χ3v) is 3.25. The van der Waals surface area contributed by atoms with Crippen molar-refractivity contribution in [3.05, 3.63) is 0 Å². The van der Waals surface area contributed by atoms with Gasteiger partial charge >= 0.3 is 17.9 Å². The third-order valence-electron chi connectivity index (χ3n) is 3.25. The van der Waals surface area contributed by atoms with Gasteiger partial charge in [-0.2, -0.15) is 19.2 Å². The molecule has 184 valence electrons. The molecule has 0 aliphatic rings. The van der Waals surface area contributed by atoms with E-state index in [1.165, 1.54) is 61.1 Å². The molecule has 0 aromatic rings. The number of rotatable bonds is 9. The maximum Gasteiger partial charge on any atom is 0.323 e. The summed E-state index contributed by atoms with van der Waals surface area (Å²) in [5, 5.41) is 24.8. The monoisotopic (exact) mass is 943 g/mol. The van der Waals surface area contributed by atoms with Crippen molar-refractivity contribution in [2.24, 2.45) is 0 Å². The van der Waals surface area contributed by atoms with Crippen LogP contribution >= 0.6 is 0 Å². The Labute approximate surface area is 354 Å². The molecule has 0 heterocycles. The van der Waals surface area contributed by atoms with Gasteiger partial charge in [-0.05, 0) is 41.9 Å². The van der Waals surface area contributed by atoms with E-state index < -0.39 is 36.0 Å². The van der Waals surface area contributed by atoms with E-state index in [2.05, 4.69) is 0 Å². The molecule has 1 unspecified atom stereocenters. The Balaban J connectivity index is -0.0000000246. The molecule has 0 rings (SSSR count). The van der Waals surface area contributed by atoms with Crippen LogP contribution in [-0.2, 0) is 225 Å². The molecule has 0 bridgehead atoms. The van der Waals surface area contributed by atoms with Gasteiger partial charge in [-0.25, -0.2) is 0 Å². The van der Waals surface area contributed by atoms with Crippen molar-refractivity contribution in [1.29, 1.82) is 0 Å². The van der Waals surface area contributed by atoms with Crippen LogP contribution in [0, 0.1) is 0 Å². The second-order valence-corrected chi connectivity index (χ2v) is 5.15. The van der Waals surface area contributed by atoms with Crippen LogP contribution in [0.25, 0.3) is 0 Å². The second kappa shape index (κ2) is 40.9. The van der Waals surface area contributed by atoms with Crippen LogP contribution in [0.15, 0.2) is 0 Å². The van der Waals surface area contributed by atoms with Gasteiger partial charge in [0.25, 0.3) is 0 Å². The third kappa shape index (κ3) is 37.6. The molecule has 0 aromatic heterocycles. The van der Waals surface area contributed by atoms with E-state index in [1.54, 1.807) is 0 Å². The van der Waals surface area contributed by atoms with Crippen molar-refractivity contribution in [2.45, 2.75) is 46.3 Å². The van der Waals surface area contributed by atoms with Crippen LogP contribution in [0.5, 0.6) is 0 Å². The first-order valence-electron chi connectivity index (χ1n) is 7.28. The molecule has 0 spiro atoms. The van der Waals surface area contributed by atoms with Crippen LogP contribution < -0.4 is 0 Å². The van der Waals surface area contributed by atoms with Crippen molar-refractivity contribution in [3.63, 3.8) is 0 Å². The number of hydrogen-bond donors (Lipinski definition) is 3. The van der Waals surface area contributed by atoms with Gasteiger partial charge in [0, 0.05) is 198 Å². The SMILES string of the molecule is C.CC(C(=O)O)N(C)[C-]=O.C[C@@H](C(=O)O)N(C)[C-]=O.C[C@H](C(=O)O)N(C)[C-]=O.[2HH].[Y].[Y].[Y].[Y].[Y].[Y]. The number of carbonyl (C=O) groups is 3. The van der Waals surface area contributed by atoms with Crippen molar-refractivity contribution in [1.82, 2.24) is 14.7 Å². The Bertz CT molecular complexity index is 472. The molecular weight excluding hydrogens is 912 g/mol. The van der Waals surface area contributed by atoms with Gasteiger partial charge in [-0.15, -0.1) is 0 Å². The number of nitrogens with zero attached hydrogens (tertiary/aromatic N) is 3. The van der Waals surface area contributed by atoms with E-state index in [4.69, 9.17) is 15.3 Å². The maximum atomic E-state index is 10.1. The first-order valence-corrected chi connectivity index (χ1v) is 7.28. The van der Waals surface area contributed by atoms with E-state index in [0.717, 1.165) is 14.7 Å². The van der Waals surface area contributed by atoms with Crippen LogP contribution in [0.2, 0.25) is 0 Å². The number of carbonyl (C=O) groups excluding carboxylic acids is 3. The molecule has 18 heteroatoms. The Hall–Kier alpha value is 3.44. The largest absolute Gasteiger partial charge is 0.520 e. The predicted molar refractivity (Wildman–Crippen MR) is 101 cm³/mol. The van der Waals surface area contributed by atoms with Gasteiger partial charge in [0.05, 0.1) is 18.1 Å². The van der Waals surface area contributed by atoms with E-state index in [1.807, 2.05) is 0 Å². The summed E-state index contributed by atoms with van der Waals surface area (Å²) >= 11 is 0. The molecule has 12 nitrogen and oxygen atoms in total. The molecule has 34 heavy (non-hydrogen) atoms. The summed E-state index contributed by atoms with van der Waals surface area (Å²) in [4.78, 5) is 62.5.